The molecule has 0 aromatic heterocycles. The molecule has 0 bridgehead atoms. The van der Waals surface area contributed by atoms with Crippen LogP contribution in [0.25, 0.3) is 0 Å². The summed E-state index contributed by atoms with van der Waals surface area (Å²) in [4.78, 5) is 0. The highest BCUT2D eigenvalue weighted by Gasteiger charge is 2.07. The highest BCUT2D eigenvalue weighted by atomic mass is 14.9. The van der Waals surface area contributed by atoms with Gasteiger partial charge in [-0.05, 0) is 55.7 Å². The van der Waals surface area contributed by atoms with Gasteiger partial charge in [-0.2, -0.15) is 0 Å². The molecule has 0 saturated carbocycles. The highest BCUT2D eigenvalue weighted by molar-refractivity contribution is 5.57. The second kappa shape index (κ2) is 5.13. The molecule has 0 saturated heterocycles. The first-order valence-electron chi connectivity index (χ1n) is 6.25. The van der Waals surface area contributed by atoms with E-state index in [0.29, 0.717) is 0 Å². The van der Waals surface area contributed by atoms with Crippen molar-refractivity contribution in [3.05, 3.63) is 59.2 Å². The Morgan fingerprint density at radius 3 is 2.44 bits per heavy atom. The van der Waals surface area contributed by atoms with Gasteiger partial charge in [-0.1, -0.05) is 24.3 Å². The number of nitrogen functional groups attached to an aromatic ring is 1. The van der Waals surface area contributed by atoms with Gasteiger partial charge in [0.1, 0.15) is 0 Å². The Morgan fingerprint density at radius 1 is 1.06 bits per heavy atom. The fourth-order valence-corrected chi connectivity index (χ4v) is 2.30. The zero-order chi connectivity index (χ0) is 13.1. The Balaban J connectivity index is 2.21. The zero-order valence-corrected chi connectivity index (χ0v) is 11.2. The normalized spacial score (nSPS) is 12.2. The molecule has 0 fully saturated rings. The molecule has 0 spiro atoms. The molecule has 94 valence electrons. The lowest BCUT2D eigenvalue weighted by molar-refractivity contribution is 0.874. The van der Waals surface area contributed by atoms with Crippen molar-refractivity contribution in [2.24, 2.45) is 0 Å². The molecular weight excluding hydrogens is 220 g/mol. The smallest absolute Gasteiger partial charge is 0.0488 e. The number of hydrogen-bond acceptors (Lipinski definition) is 2. The maximum atomic E-state index is 5.86. The second-order valence-electron chi connectivity index (χ2n) is 4.85. The first-order valence-corrected chi connectivity index (χ1v) is 6.25. The molecule has 1 atom stereocenters. The number of nitrogens with one attached hydrogen (secondary N) is 1. The Morgan fingerprint density at radius 2 is 1.78 bits per heavy atom. The first kappa shape index (κ1) is 12.5. The monoisotopic (exact) mass is 240 g/mol. The molecule has 0 heterocycles. The van der Waals surface area contributed by atoms with Gasteiger partial charge in [0.05, 0.1) is 0 Å². The molecular formula is C16H20N2. The van der Waals surface area contributed by atoms with Gasteiger partial charge in [0.25, 0.3) is 0 Å². The lowest BCUT2D eigenvalue weighted by Gasteiger charge is -2.18. The van der Waals surface area contributed by atoms with Crippen LogP contribution in [-0.2, 0) is 0 Å². The lowest BCUT2D eigenvalue weighted by atomic mass is 10.0. The number of hydrogen-bond donors (Lipinski definition) is 2. The Hall–Kier alpha value is -1.96. The Bertz CT molecular complexity index is 526. The first-order chi connectivity index (χ1) is 8.56. The third kappa shape index (κ3) is 2.83. The van der Waals surface area contributed by atoms with Gasteiger partial charge in [-0.3, -0.25) is 0 Å². The number of anilines is 2. The van der Waals surface area contributed by atoms with Crippen molar-refractivity contribution in [1.82, 2.24) is 0 Å². The van der Waals surface area contributed by atoms with E-state index in [1.807, 2.05) is 12.1 Å². The molecule has 0 radical (unpaired) electrons. The second-order valence-corrected chi connectivity index (χ2v) is 4.85. The average Bonchev–Trinajstić information content (AvgIpc) is 2.27. The molecule has 2 rings (SSSR count). The largest absolute Gasteiger partial charge is 0.399 e. The van der Waals surface area contributed by atoms with Crippen LogP contribution < -0.4 is 11.1 Å². The third-order valence-corrected chi connectivity index (χ3v) is 3.14. The van der Waals surface area contributed by atoms with Gasteiger partial charge in [-0.15, -0.1) is 0 Å². The molecule has 3 N–H and O–H groups in total. The van der Waals surface area contributed by atoms with E-state index in [2.05, 4.69) is 56.4 Å². The highest BCUT2D eigenvalue weighted by Crippen LogP contribution is 2.24. The van der Waals surface area contributed by atoms with Gasteiger partial charge in [-0.25, -0.2) is 0 Å². The van der Waals surface area contributed by atoms with E-state index in [4.69, 9.17) is 5.73 Å². The van der Waals surface area contributed by atoms with Crippen molar-refractivity contribution >= 4 is 11.4 Å². The quantitative estimate of drug-likeness (QED) is 0.794. The number of nitrogens with two attached hydrogens (primary N) is 1. The van der Waals surface area contributed by atoms with Crippen LogP contribution in [0.4, 0.5) is 11.4 Å². The molecule has 18 heavy (non-hydrogen) atoms. The molecule has 0 aliphatic carbocycles. The maximum absolute atomic E-state index is 5.86. The zero-order valence-electron chi connectivity index (χ0n) is 11.2. The molecule has 2 heteroatoms. The molecule has 2 aromatic carbocycles. The van der Waals surface area contributed by atoms with Crippen molar-refractivity contribution in [1.29, 1.82) is 0 Å². The van der Waals surface area contributed by atoms with Gasteiger partial charge in [0, 0.05) is 17.4 Å². The minimum Gasteiger partial charge on any atom is -0.399 e. The van der Waals surface area contributed by atoms with E-state index in [0.717, 1.165) is 11.4 Å². The third-order valence-electron chi connectivity index (χ3n) is 3.14. The summed E-state index contributed by atoms with van der Waals surface area (Å²) < 4.78 is 0. The number of aryl methyl sites for hydroxylation is 2. The summed E-state index contributed by atoms with van der Waals surface area (Å²) in [6.07, 6.45) is 0. The summed E-state index contributed by atoms with van der Waals surface area (Å²) in [7, 11) is 0. The Labute approximate surface area is 109 Å². The minimum absolute atomic E-state index is 0.271. The molecule has 2 nitrogen and oxygen atoms in total. The fraction of sp³-hybridized carbons (Fsp3) is 0.250. The molecule has 0 aliphatic rings. The molecule has 1 unspecified atom stereocenters. The van der Waals surface area contributed by atoms with Gasteiger partial charge < -0.3 is 11.1 Å². The van der Waals surface area contributed by atoms with E-state index in [9.17, 15) is 0 Å². The van der Waals surface area contributed by atoms with E-state index >= 15 is 0 Å². The number of rotatable bonds is 3. The SMILES string of the molecule is Cc1cc(N)cc(NC(C)c2ccccc2C)c1. The van der Waals surface area contributed by atoms with Gasteiger partial charge >= 0.3 is 0 Å². The fourth-order valence-electron chi connectivity index (χ4n) is 2.30. The Kier molecular flexibility index (Phi) is 3.56. The van der Waals surface area contributed by atoms with Crippen LogP contribution in [0.2, 0.25) is 0 Å². The van der Waals surface area contributed by atoms with Crippen LogP contribution in [0, 0.1) is 13.8 Å². The summed E-state index contributed by atoms with van der Waals surface area (Å²) in [5.74, 6) is 0. The lowest BCUT2D eigenvalue weighted by Crippen LogP contribution is -2.08. The molecule has 2 aromatic rings. The predicted molar refractivity (Wildman–Crippen MR) is 78.8 cm³/mol. The van der Waals surface area contributed by atoms with E-state index in [1.54, 1.807) is 0 Å². The minimum atomic E-state index is 0.271. The van der Waals surface area contributed by atoms with Crippen molar-refractivity contribution in [2.45, 2.75) is 26.8 Å². The van der Waals surface area contributed by atoms with Crippen LogP contribution in [0.3, 0.4) is 0 Å². The van der Waals surface area contributed by atoms with E-state index in [1.165, 1.54) is 16.7 Å². The van der Waals surface area contributed by atoms with Crippen molar-refractivity contribution in [3.8, 4) is 0 Å². The topological polar surface area (TPSA) is 38.0 Å². The van der Waals surface area contributed by atoms with Crippen molar-refractivity contribution < 1.29 is 0 Å². The summed E-state index contributed by atoms with van der Waals surface area (Å²) in [6.45, 7) is 6.36. The molecule has 0 aliphatic heterocycles. The standard InChI is InChI=1S/C16H20N2/c1-11-8-14(17)10-15(9-11)18-13(3)16-7-5-4-6-12(16)2/h4-10,13,18H,17H2,1-3H3. The maximum Gasteiger partial charge on any atom is 0.0488 e. The molecule has 0 amide bonds. The summed E-state index contributed by atoms with van der Waals surface area (Å²) in [5, 5.41) is 3.50. The van der Waals surface area contributed by atoms with Crippen LogP contribution in [0.15, 0.2) is 42.5 Å². The summed E-state index contributed by atoms with van der Waals surface area (Å²) in [5.41, 5.74) is 11.5. The van der Waals surface area contributed by atoms with E-state index in [-0.39, 0.29) is 6.04 Å². The van der Waals surface area contributed by atoms with E-state index < -0.39 is 0 Å². The number of benzene rings is 2. The average molecular weight is 240 g/mol. The van der Waals surface area contributed by atoms with Gasteiger partial charge in [0.15, 0.2) is 0 Å². The van der Waals surface area contributed by atoms with Crippen LogP contribution in [-0.4, -0.2) is 0 Å². The summed E-state index contributed by atoms with van der Waals surface area (Å²) >= 11 is 0. The van der Waals surface area contributed by atoms with Crippen LogP contribution in [0.5, 0.6) is 0 Å². The summed E-state index contributed by atoms with van der Waals surface area (Å²) in [6, 6.07) is 14.8. The van der Waals surface area contributed by atoms with Crippen LogP contribution >= 0.6 is 0 Å². The van der Waals surface area contributed by atoms with Crippen LogP contribution in [0.1, 0.15) is 29.7 Å². The van der Waals surface area contributed by atoms with Crippen molar-refractivity contribution in [2.75, 3.05) is 11.1 Å². The van der Waals surface area contributed by atoms with Gasteiger partial charge in [0.2, 0.25) is 0 Å². The predicted octanol–water partition coefficient (Wildman–Crippen LogP) is 4.06. The van der Waals surface area contributed by atoms with Crippen molar-refractivity contribution in [3.63, 3.8) is 0 Å².